The molecule has 0 radical (unpaired) electrons. The van der Waals surface area contributed by atoms with Crippen LogP contribution in [0.3, 0.4) is 0 Å². The van der Waals surface area contributed by atoms with E-state index in [4.69, 9.17) is 4.74 Å². The van der Waals surface area contributed by atoms with Gasteiger partial charge in [0.25, 0.3) is 15.9 Å². The first kappa shape index (κ1) is 27.2. The van der Waals surface area contributed by atoms with Crippen molar-refractivity contribution in [3.63, 3.8) is 0 Å². The minimum atomic E-state index is -3.94. The van der Waals surface area contributed by atoms with Gasteiger partial charge in [-0.15, -0.1) is 0 Å². The Bertz CT molecular complexity index is 1230. The molecular formula is C26H33N3O6S. The summed E-state index contributed by atoms with van der Waals surface area (Å²) in [7, 11) is -2.38. The Hall–Kier alpha value is -3.40. The van der Waals surface area contributed by atoms with Crippen LogP contribution in [0.1, 0.15) is 56.0 Å². The van der Waals surface area contributed by atoms with Crippen LogP contribution in [0.2, 0.25) is 0 Å². The first-order valence-electron chi connectivity index (χ1n) is 12.0. The van der Waals surface area contributed by atoms with E-state index in [0.717, 1.165) is 16.3 Å². The Balaban J connectivity index is 1.73. The van der Waals surface area contributed by atoms with Crippen molar-refractivity contribution >= 4 is 27.7 Å². The molecule has 10 heteroatoms. The largest absolute Gasteiger partial charge is 0.497 e. The average Bonchev–Trinajstić information content (AvgIpc) is 3.07. The highest BCUT2D eigenvalue weighted by Gasteiger charge is 2.40. The number of nitrogens with zero attached hydrogens (tertiary/aromatic N) is 2. The lowest BCUT2D eigenvalue weighted by atomic mass is 10.1. The number of carbonyl (C=O) groups is 3. The van der Waals surface area contributed by atoms with Crippen LogP contribution in [-0.2, 0) is 26.2 Å². The van der Waals surface area contributed by atoms with Gasteiger partial charge in [0.1, 0.15) is 16.7 Å². The van der Waals surface area contributed by atoms with Gasteiger partial charge in [0, 0.05) is 25.6 Å². The zero-order valence-corrected chi connectivity index (χ0v) is 21.9. The number of sulfonamides is 1. The molecule has 194 valence electrons. The van der Waals surface area contributed by atoms with Crippen molar-refractivity contribution in [2.24, 2.45) is 0 Å². The third-order valence-electron chi connectivity index (χ3n) is 6.32. The molecule has 0 unspecified atom stereocenters. The molecule has 2 atom stereocenters. The van der Waals surface area contributed by atoms with Crippen LogP contribution in [0.4, 0.5) is 0 Å². The number of benzene rings is 2. The quantitative estimate of drug-likeness (QED) is 0.492. The first-order chi connectivity index (χ1) is 17.1. The Kier molecular flexibility index (Phi) is 8.73. The van der Waals surface area contributed by atoms with Crippen molar-refractivity contribution in [1.29, 1.82) is 0 Å². The Morgan fingerprint density at radius 3 is 2.50 bits per heavy atom. The number of ether oxygens (including phenoxy) is 1. The molecule has 0 aliphatic carbocycles. The van der Waals surface area contributed by atoms with Gasteiger partial charge in [-0.2, -0.15) is 0 Å². The Morgan fingerprint density at radius 2 is 1.83 bits per heavy atom. The SMILES string of the molecule is CC[C@@H](C)NC(=O)[C@H](C)N(Cc1cccc(OC)c1)C(=O)CCCN1C(=O)c2ccccc2S1(=O)=O. The maximum atomic E-state index is 13.3. The van der Waals surface area contributed by atoms with E-state index >= 15 is 0 Å². The lowest BCUT2D eigenvalue weighted by molar-refractivity contribution is -0.141. The van der Waals surface area contributed by atoms with Gasteiger partial charge < -0.3 is 15.0 Å². The molecular weight excluding hydrogens is 482 g/mol. The standard InChI is InChI=1S/C26H33N3O6S/c1-5-18(2)27-25(31)19(3)28(17-20-10-8-11-21(16-20)35-4)24(30)14-9-15-29-26(32)22-12-6-7-13-23(22)36(29,33)34/h6-8,10-13,16,18-19H,5,9,14-15,17H2,1-4H3,(H,27,31)/t18-,19+/m1/s1. The van der Waals surface area contributed by atoms with Crippen molar-refractivity contribution in [2.75, 3.05) is 13.7 Å². The molecule has 0 saturated carbocycles. The highest BCUT2D eigenvalue weighted by Crippen LogP contribution is 2.30. The number of fused-ring (bicyclic) bond motifs is 1. The molecule has 1 aliphatic rings. The van der Waals surface area contributed by atoms with Gasteiger partial charge in [-0.1, -0.05) is 31.2 Å². The molecule has 36 heavy (non-hydrogen) atoms. The lowest BCUT2D eigenvalue weighted by Crippen LogP contribution is -2.49. The van der Waals surface area contributed by atoms with E-state index in [9.17, 15) is 22.8 Å². The number of hydrogen-bond donors (Lipinski definition) is 1. The van der Waals surface area contributed by atoms with E-state index in [1.54, 1.807) is 38.3 Å². The topological polar surface area (TPSA) is 113 Å². The Labute approximate surface area is 212 Å². The minimum absolute atomic E-state index is 0.0173. The van der Waals surface area contributed by atoms with E-state index < -0.39 is 22.0 Å². The van der Waals surface area contributed by atoms with E-state index in [0.29, 0.717) is 5.75 Å². The summed E-state index contributed by atoms with van der Waals surface area (Å²) in [6.07, 6.45) is 0.857. The molecule has 0 spiro atoms. The van der Waals surface area contributed by atoms with Gasteiger partial charge in [0.05, 0.1) is 12.7 Å². The molecule has 1 N–H and O–H groups in total. The fourth-order valence-corrected chi connectivity index (χ4v) is 5.59. The summed E-state index contributed by atoms with van der Waals surface area (Å²) in [6, 6.07) is 12.5. The van der Waals surface area contributed by atoms with E-state index in [-0.39, 0.29) is 54.2 Å². The number of rotatable bonds is 11. The molecule has 1 aliphatic heterocycles. The monoisotopic (exact) mass is 515 g/mol. The van der Waals surface area contributed by atoms with E-state index in [2.05, 4.69) is 5.32 Å². The van der Waals surface area contributed by atoms with Gasteiger partial charge in [0.15, 0.2) is 0 Å². The van der Waals surface area contributed by atoms with Crippen molar-refractivity contribution in [1.82, 2.24) is 14.5 Å². The van der Waals surface area contributed by atoms with Gasteiger partial charge in [-0.05, 0) is 56.5 Å². The summed E-state index contributed by atoms with van der Waals surface area (Å²) in [6.45, 7) is 5.57. The third-order valence-corrected chi connectivity index (χ3v) is 8.16. The summed E-state index contributed by atoms with van der Waals surface area (Å²) >= 11 is 0. The molecule has 0 bridgehead atoms. The number of carbonyl (C=O) groups excluding carboxylic acids is 3. The maximum absolute atomic E-state index is 13.3. The van der Waals surface area contributed by atoms with Gasteiger partial charge in [0.2, 0.25) is 11.8 Å². The van der Waals surface area contributed by atoms with Gasteiger partial charge >= 0.3 is 0 Å². The highest BCUT2D eigenvalue weighted by molar-refractivity contribution is 7.90. The second-order valence-electron chi connectivity index (χ2n) is 8.85. The molecule has 2 aromatic carbocycles. The second kappa shape index (κ2) is 11.6. The highest BCUT2D eigenvalue weighted by atomic mass is 32.2. The molecule has 1 heterocycles. The number of nitrogens with one attached hydrogen (secondary N) is 1. The number of methoxy groups -OCH3 is 1. The lowest BCUT2D eigenvalue weighted by Gasteiger charge is -2.30. The molecule has 2 aromatic rings. The number of amides is 3. The molecule has 0 saturated heterocycles. The Morgan fingerprint density at radius 1 is 1.11 bits per heavy atom. The van der Waals surface area contributed by atoms with Gasteiger partial charge in [-0.3, -0.25) is 14.4 Å². The zero-order chi connectivity index (χ0) is 26.5. The summed E-state index contributed by atoms with van der Waals surface area (Å²) < 4.78 is 31.6. The van der Waals surface area contributed by atoms with Crippen LogP contribution in [0.25, 0.3) is 0 Å². The first-order valence-corrected chi connectivity index (χ1v) is 13.4. The van der Waals surface area contributed by atoms with Crippen LogP contribution in [0.5, 0.6) is 5.75 Å². The minimum Gasteiger partial charge on any atom is -0.497 e. The maximum Gasteiger partial charge on any atom is 0.269 e. The number of hydrogen-bond acceptors (Lipinski definition) is 6. The van der Waals surface area contributed by atoms with Gasteiger partial charge in [-0.25, -0.2) is 12.7 Å². The fourth-order valence-electron chi connectivity index (χ4n) is 3.99. The van der Waals surface area contributed by atoms with Crippen molar-refractivity contribution in [3.8, 4) is 5.75 Å². The van der Waals surface area contributed by atoms with Crippen LogP contribution in [-0.4, -0.2) is 61.1 Å². The molecule has 3 rings (SSSR count). The molecule has 0 aromatic heterocycles. The summed E-state index contributed by atoms with van der Waals surface area (Å²) in [5.41, 5.74) is 0.928. The van der Waals surface area contributed by atoms with Crippen LogP contribution >= 0.6 is 0 Å². The second-order valence-corrected chi connectivity index (χ2v) is 10.7. The van der Waals surface area contributed by atoms with Crippen molar-refractivity contribution in [2.45, 2.75) is 63.6 Å². The third kappa shape index (κ3) is 5.87. The fraction of sp³-hybridized carbons (Fsp3) is 0.423. The average molecular weight is 516 g/mol. The molecule has 0 fully saturated rings. The zero-order valence-electron chi connectivity index (χ0n) is 21.1. The summed E-state index contributed by atoms with van der Waals surface area (Å²) in [4.78, 5) is 40.2. The molecule has 3 amide bonds. The van der Waals surface area contributed by atoms with E-state index in [1.165, 1.54) is 17.0 Å². The normalized spacial score (nSPS) is 15.7. The van der Waals surface area contributed by atoms with Crippen LogP contribution in [0.15, 0.2) is 53.4 Å². The van der Waals surface area contributed by atoms with E-state index in [1.807, 2.05) is 26.0 Å². The van der Waals surface area contributed by atoms with Crippen molar-refractivity contribution < 1.29 is 27.5 Å². The predicted molar refractivity (Wildman–Crippen MR) is 135 cm³/mol. The summed E-state index contributed by atoms with van der Waals surface area (Å²) in [5, 5.41) is 2.91. The summed E-state index contributed by atoms with van der Waals surface area (Å²) in [5.74, 6) is -0.541. The van der Waals surface area contributed by atoms with Crippen molar-refractivity contribution in [3.05, 3.63) is 59.7 Å². The van der Waals surface area contributed by atoms with Crippen LogP contribution < -0.4 is 10.1 Å². The van der Waals surface area contributed by atoms with Crippen LogP contribution in [0, 0.1) is 0 Å². The predicted octanol–water partition coefficient (Wildman–Crippen LogP) is 2.95. The smallest absolute Gasteiger partial charge is 0.269 e. The molecule has 9 nitrogen and oxygen atoms in total.